The zero-order valence-electron chi connectivity index (χ0n) is 9.85. The van der Waals surface area contributed by atoms with Crippen LogP contribution < -0.4 is 4.74 Å². The SMILES string of the molecule is CC/C(=C/COc1cc(F)cc(C=O)c1)C(=O)O. The number of carbonyl (C=O) groups excluding carboxylic acids is 1. The second-order valence-electron chi connectivity index (χ2n) is 3.54. The second kappa shape index (κ2) is 6.54. The summed E-state index contributed by atoms with van der Waals surface area (Å²) in [5.41, 5.74) is 0.393. The summed E-state index contributed by atoms with van der Waals surface area (Å²) in [6.45, 7) is 1.73. The molecule has 96 valence electrons. The summed E-state index contributed by atoms with van der Waals surface area (Å²) >= 11 is 0. The minimum absolute atomic E-state index is 0.0111. The number of aliphatic carboxylic acids is 1. The fourth-order valence-corrected chi connectivity index (χ4v) is 1.36. The first-order valence-electron chi connectivity index (χ1n) is 5.37. The van der Waals surface area contributed by atoms with Crippen LogP contribution in [0.4, 0.5) is 4.39 Å². The smallest absolute Gasteiger partial charge is 0.331 e. The summed E-state index contributed by atoms with van der Waals surface area (Å²) in [6.07, 6.45) is 2.30. The Kier molecular flexibility index (Phi) is 5.05. The van der Waals surface area contributed by atoms with E-state index >= 15 is 0 Å². The summed E-state index contributed by atoms with van der Waals surface area (Å²) in [4.78, 5) is 21.2. The average molecular weight is 252 g/mol. The van der Waals surface area contributed by atoms with Crippen molar-refractivity contribution in [1.29, 1.82) is 0 Å². The van der Waals surface area contributed by atoms with E-state index in [-0.39, 0.29) is 23.5 Å². The molecule has 0 amide bonds. The molecule has 0 atom stereocenters. The highest BCUT2D eigenvalue weighted by atomic mass is 19.1. The second-order valence-corrected chi connectivity index (χ2v) is 3.54. The van der Waals surface area contributed by atoms with Gasteiger partial charge in [0.15, 0.2) is 0 Å². The summed E-state index contributed by atoms with van der Waals surface area (Å²) in [5, 5.41) is 8.77. The molecule has 1 rings (SSSR count). The third-order valence-corrected chi connectivity index (χ3v) is 2.27. The van der Waals surface area contributed by atoms with Crippen molar-refractivity contribution >= 4 is 12.3 Å². The molecule has 0 radical (unpaired) electrons. The molecule has 4 nitrogen and oxygen atoms in total. The molecule has 0 bridgehead atoms. The molecule has 0 aliphatic heterocycles. The van der Waals surface area contributed by atoms with Gasteiger partial charge in [-0.15, -0.1) is 0 Å². The molecule has 1 N–H and O–H groups in total. The largest absolute Gasteiger partial charge is 0.489 e. The Bertz CT molecular complexity index is 480. The van der Waals surface area contributed by atoms with E-state index in [0.717, 1.165) is 12.1 Å². The number of benzene rings is 1. The van der Waals surface area contributed by atoms with E-state index in [2.05, 4.69) is 0 Å². The molecule has 0 aromatic heterocycles. The number of rotatable bonds is 6. The predicted molar refractivity (Wildman–Crippen MR) is 63.3 cm³/mol. The van der Waals surface area contributed by atoms with Crippen molar-refractivity contribution in [2.45, 2.75) is 13.3 Å². The molecule has 1 aromatic carbocycles. The Morgan fingerprint density at radius 2 is 2.17 bits per heavy atom. The third-order valence-electron chi connectivity index (χ3n) is 2.27. The first kappa shape index (κ1) is 13.9. The van der Waals surface area contributed by atoms with E-state index in [9.17, 15) is 14.0 Å². The average Bonchev–Trinajstić information content (AvgIpc) is 2.33. The van der Waals surface area contributed by atoms with E-state index in [1.165, 1.54) is 12.1 Å². The maximum atomic E-state index is 13.0. The van der Waals surface area contributed by atoms with Gasteiger partial charge in [0, 0.05) is 17.2 Å². The summed E-state index contributed by atoms with van der Waals surface area (Å²) in [7, 11) is 0. The van der Waals surface area contributed by atoms with Crippen molar-refractivity contribution in [2.75, 3.05) is 6.61 Å². The van der Waals surface area contributed by atoms with Crippen LogP contribution in [-0.2, 0) is 4.79 Å². The van der Waals surface area contributed by atoms with Crippen LogP contribution in [0.2, 0.25) is 0 Å². The van der Waals surface area contributed by atoms with Crippen LogP contribution in [0.25, 0.3) is 0 Å². The first-order chi connectivity index (χ1) is 8.56. The van der Waals surface area contributed by atoms with Gasteiger partial charge in [-0.25, -0.2) is 9.18 Å². The summed E-state index contributed by atoms with van der Waals surface area (Å²) < 4.78 is 18.2. The predicted octanol–water partition coefficient (Wildman–Crippen LogP) is 2.44. The number of halogens is 1. The molecular weight excluding hydrogens is 239 g/mol. The molecular formula is C13H13FO4. The van der Waals surface area contributed by atoms with Gasteiger partial charge in [0.25, 0.3) is 0 Å². The van der Waals surface area contributed by atoms with Crippen molar-refractivity contribution in [1.82, 2.24) is 0 Å². The van der Waals surface area contributed by atoms with Crippen molar-refractivity contribution < 1.29 is 23.8 Å². The molecule has 0 saturated carbocycles. The molecule has 0 unspecified atom stereocenters. The standard InChI is InChI=1S/C13H13FO4/c1-2-10(13(16)17)3-4-18-12-6-9(8-15)5-11(14)7-12/h3,5-8H,2,4H2,1H3,(H,16,17)/b10-3-. The van der Waals surface area contributed by atoms with Crippen LogP contribution in [0.1, 0.15) is 23.7 Å². The van der Waals surface area contributed by atoms with E-state index in [0.29, 0.717) is 12.7 Å². The van der Waals surface area contributed by atoms with E-state index in [1.807, 2.05) is 0 Å². The quantitative estimate of drug-likeness (QED) is 0.624. The van der Waals surface area contributed by atoms with Crippen LogP contribution in [0.15, 0.2) is 29.8 Å². The van der Waals surface area contributed by atoms with Crippen LogP contribution >= 0.6 is 0 Å². The lowest BCUT2D eigenvalue weighted by Gasteiger charge is -2.05. The zero-order chi connectivity index (χ0) is 13.5. The Morgan fingerprint density at radius 1 is 1.44 bits per heavy atom. The molecule has 0 spiro atoms. The summed E-state index contributed by atoms with van der Waals surface area (Å²) in [5.74, 6) is -1.39. The van der Waals surface area contributed by atoms with Gasteiger partial charge in [0.05, 0.1) is 0 Å². The Balaban J connectivity index is 2.71. The van der Waals surface area contributed by atoms with Gasteiger partial charge >= 0.3 is 5.97 Å². The van der Waals surface area contributed by atoms with E-state index in [4.69, 9.17) is 9.84 Å². The van der Waals surface area contributed by atoms with E-state index < -0.39 is 11.8 Å². The van der Waals surface area contributed by atoms with Crippen LogP contribution in [-0.4, -0.2) is 24.0 Å². The van der Waals surface area contributed by atoms with Crippen molar-refractivity contribution in [3.05, 3.63) is 41.2 Å². The Hall–Kier alpha value is -2.17. The lowest BCUT2D eigenvalue weighted by atomic mass is 10.2. The van der Waals surface area contributed by atoms with Crippen molar-refractivity contribution in [2.24, 2.45) is 0 Å². The summed E-state index contributed by atoms with van der Waals surface area (Å²) in [6, 6.07) is 3.61. The number of hydrogen-bond acceptors (Lipinski definition) is 3. The molecule has 0 heterocycles. The van der Waals surface area contributed by atoms with Gasteiger partial charge in [-0.05, 0) is 24.6 Å². The molecule has 0 saturated heterocycles. The highest BCUT2D eigenvalue weighted by Gasteiger charge is 2.04. The van der Waals surface area contributed by atoms with Gasteiger partial charge in [-0.1, -0.05) is 6.92 Å². The number of carboxylic acids is 1. The molecule has 0 aliphatic carbocycles. The number of ether oxygens (including phenoxy) is 1. The van der Waals surface area contributed by atoms with Gasteiger partial charge in [0.1, 0.15) is 24.5 Å². The first-order valence-corrected chi connectivity index (χ1v) is 5.37. The molecule has 5 heteroatoms. The highest BCUT2D eigenvalue weighted by molar-refractivity contribution is 5.86. The third kappa shape index (κ3) is 4.01. The normalized spacial score (nSPS) is 11.1. The zero-order valence-corrected chi connectivity index (χ0v) is 9.85. The Labute approximate surface area is 104 Å². The monoisotopic (exact) mass is 252 g/mol. The fourth-order valence-electron chi connectivity index (χ4n) is 1.36. The number of hydrogen-bond donors (Lipinski definition) is 1. The fraction of sp³-hybridized carbons (Fsp3) is 0.231. The van der Waals surface area contributed by atoms with Gasteiger partial charge < -0.3 is 9.84 Å². The van der Waals surface area contributed by atoms with Crippen LogP contribution in [0.5, 0.6) is 5.75 Å². The topological polar surface area (TPSA) is 63.6 Å². The van der Waals surface area contributed by atoms with E-state index in [1.54, 1.807) is 6.92 Å². The number of carboxylic acid groups (broad SMARTS) is 1. The maximum absolute atomic E-state index is 13.0. The lowest BCUT2D eigenvalue weighted by Crippen LogP contribution is -2.03. The van der Waals surface area contributed by atoms with Gasteiger partial charge in [-0.2, -0.15) is 0 Å². The van der Waals surface area contributed by atoms with Gasteiger partial charge in [0.2, 0.25) is 0 Å². The minimum Gasteiger partial charge on any atom is -0.489 e. The molecule has 0 fully saturated rings. The van der Waals surface area contributed by atoms with Crippen LogP contribution in [0.3, 0.4) is 0 Å². The maximum Gasteiger partial charge on any atom is 0.331 e. The lowest BCUT2D eigenvalue weighted by molar-refractivity contribution is -0.132. The highest BCUT2D eigenvalue weighted by Crippen LogP contribution is 2.15. The van der Waals surface area contributed by atoms with Crippen molar-refractivity contribution in [3.63, 3.8) is 0 Å². The minimum atomic E-state index is -1.01. The molecule has 18 heavy (non-hydrogen) atoms. The Morgan fingerprint density at radius 3 is 2.72 bits per heavy atom. The van der Waals surface area contributed by atoms with Gasteiger partial charge in [-0.3, -0.25) is 4.79 Å². The van der Waals surface area contributed by atoms with Crippen molar-refractivity contribution in [3.8, 4) is 5.75 Å². The molecule has 0 aliphatic rings. The number of carbonyl (C=O) groups is 2. The number of aldehydes is 1. The molecule has 1 aromatic rings. The van der Waals surface area contributed by atoms with Crippen LogP contribution in [0, 0.1) is 5.82 Å².